The Morgan fingerprint density at radius 2 is 1.77 bits per heavy atom. The summed E-state index contributed by atoms with van der Waals surface area (Å²) in [5.41, 5.74) is 10.2. The number of piperidine rings is 1. The van der Waals surface area contributed by atoms with E-state index in [-0.39, 0.29) is 5.91 Å². The molecular weight excluding hydrogens is 346 g/mol. The molecule has 0 spiro atoms. The van der Waals surface area contributed by atoms with Gasteiger partial charge in [-0.2, -0.15) is 0 Å². The fourth-order valence-corrected chi connectivity index (χ4v) is 3.92. The van der Waals surface area contributed by atoms with Gasteiger partial charge in [-0.1, -0.05) is 11.6 Å². The number of hydrogen-bond donors (Lipinski definition) is 2. The van der Waals surface area contributed by atoms with Crippen LogP contribution in [0.15, 0.2) is 36.4 Å². The number of benzene rings is 2. The highest BCUT2D eigenvalue weighted by atomic mass is 35.5. The Labute approximate surface area is 160 Å². The zero-order valence-electron chi connectivity index (χ0n) is 15.6. The number of nitrogens with two attached hydrogens (primary N) is 1. The van der Waals surface area contributed by atoms with Gasteiger partial charge in [0.1, 0.15) is 0 Å². The van der Waals surface area contributed by atoms with Crippen molar-refractivity contribution in [1.82, 2.24) is 0 Å². The molecule has 1 aliphatic rings. The molecule has 26 heavy (non-hydrogen) atoms. The molecule has 1 fully saturated rings. The van der Waals surface area contributed by atoms with Gasteiger partial charge in [-0.3, -0.25) is 4.79 Å². The van der Waals surface area contributed by atoms with E-state index in [1.165, 1.54) is 19.3 Å². The SMILES string of the molecule is Cc1cc(N)c(NC(=O)c2ccc(Cl)cc2)cc1N1C(C)CCCC1C. The molecule has 4 nitrogen and oxygen atoms in total. The van der Waals surface area contributed by atoms with Gasteiger partial charge in [0.05, 0.1) is 11.4 Å². The van der Waals surface area contributed by atoms with Crippen LogP contribution in [0.2, 0.25) is 5.02 Å². The number of nitrogens with one attached hydrogen (secondary N) is 1. The maximum absolute atomic E-state index is 12.6. The molecule has 2 unspecified atom stereocenters. The highest BCUT2D eigenvalue weighted by molar-refractivity contribution is 6.30. The Kier molecular flexibility index (Phi) is 5.42. The first-order chi connectivity index (χ1) is 12.4. The van der Waals surface area contributed by atoms with Crippen molar-refractivity contribution in [3.05, 3.63) is 52.5 Å². The number of hydrogen-bond acceptors (Lipinski definition) is 3. The molecule has 0 aliphatic carbocycles. The van der Waals surface area contributed by atoms with Gasteiger partial charge in [-0.25, -0.2) is 0 Å². The number of halogens is 1. The summed E-state index contributed by atoms with van der Waals surface area (Å²) in [5, 5.41) is 3.55. The Hall–Kier alpha value is -2.20. The zero-order valence-corrected chi connectivity index (χ0v) is 16.3. The van der Waals surface area contributed by atoms with E-state index in [0.717, 1.165) is 11.3 Å². The van der Waals surface area contributed by atoms with Gasteiger partial charge in [0, 0.05) is 28.4 Å². The van der Waals surface area contributed by atoms with Crippen LogP contribution in [0.1, 0.15) is 49.0 Å². The van der Waals surface area contributed by atoms with Gasteiger partial charge < -0.3 is 16.0 Å². The lowest BCUT2D eigenvalue weighted by Crippen LogP contribution is -2.44. The van der Waals surface area contributed by atoms with Crippen LogP contribution in [0.5, 0.6) is 0 Å². The summed E-state index contributed by atoms with van der Waals surface area (Å²) in [6.45, 7) is 6.60. The highest BCUT2D eigenvalue weighted by Gasteiger charge is 2.26. The Bertz CT molecular complexity index is 794. The van der Waals surface area contributed by atoms with Crippen molar-refractivity contribution in [2.24, 2.45) is 0 Å². The van der Waals surface area contributed by atoms with Crippen molar-refractivity contribution >= 4 is 34.6 Å². The summed E-state index contributed by atoms with van der Waals surface area (Å²) < 4.78 is 0. The van der Waals surface area contributed by atoms with Crippen LogP contribution in [-0.4, -0.2) is 18.0 Å². The molecule has 0 saturated carbocycles. The lowest BCUT2D eigenvalue weighted by Gasteiger charge is -2.42. The maximum Gasteiger partial charge on any atom is 0.255 e. The second-order valence-corrected chi connectivity index (χ2v) is 7.66. The van der Waals surface area contributed by atoms with Gasteiger partial charge in [0.25, 0.3) is 5.91 Å². The molecule has 1 amide bonds. The van der Waals surface area contributed by atoms with E-state index in [2.05, 4.69) is 31.0 Å². The van der Waals surface area contributed by atoms with E-state index >= 15 is 0 Å². The summed E-state index contributed by atoms with van der Waals surface area (Å²) in [7, 11) is 0. The van der Waals surface area contributed by atoms with Crippen molar-refractivity contribution in [2.75, 3.05) is 16.0 Å². The molecule has 1 saturated heterocycles. The second-order valence-electron chi connectivity index (χ2n) is 7.22. The molecule has 3 rings (SSSR count). The van der Waals surface area contributed by atoms with Gasteiger partial charge in [-0.15, -0.1) is 0 Å². The van der Waals surface area contributed by atoms with Crippen LogP contribution in [0.4, 0.5) is 17.1 Å². The van der Waals surface area contributed by atoms with Crippen LogP contribution in [-0.2, 0) is 0 Å². The molecule has 138 valence electrons. The third-order valence-corrected chi connectivity index (χ3v) is 5.45. The minimum atomic E-state index is -0.192. The lowest BCUT2D eigenvalue weighted by atomic mass is 9.95. The van der Waals surface area contributed by atoms with Crippen LogP contribution in [0.25, 0.3) is 0 Å². The number of carbonyl (C=O) groups is 1. The normalized spacial score (nSPS) is 20.1. The minimum Gasteiger partial charge on any atom is -0.397 e. The summed E-state index contributed by atoms with van der Waals surface area (Å²) in [6.07, 6.45) is 3.62. The van der Waals surface area contributed by atoms with Crippen LogP contribution in [0.3, 0.4) is 0 Å². The molecule has 1 heterocycles. The van der Waals surface area contributed by atoms with E-state index in [9.17, 15) is 4.79 Å². The number of anilines is 3. The average molecular weight is 372 g/mol. The average Bonchev–Trinajstić information content (AvgIpc) is 2.59. The first-order valence-corrected chi connectivity index (χ1v) is 9.50. The number of rotatable bonds is 3. The molecule has 2 aromatic rings. The van der Waals surface area contributed by atoms with E-state index in [0.29, 0.717) is 34.0 Å². The molecular formula is C21H26ClN3O. The van der Waals surface area contributed by atoms with Gasteiger partial charge >= 0.3 is 0 Å². The van der Waals surface area contributed by atoms with E-state index in [1.54, 1.807) is 24.3 Å². The van der Waals surface area contributed by atoms with Crippen LogP contribution < -0.4 is 16.0 Å². The quantitative estimate of drug-likeness (QED) is 0.724. The van der Waals surface area contributed by atoms with Crippen molar-refractivity contribution in [1.29, 1.82) is 0 Å². The first kappa shape index (κ1) is 18.6. The smallest absolute Gasteiger partial charge is 0.255 e. The van der Waals surface area contributed by atoms with Crippen molar-refractivity contribution in [3.63, 3.8) is 0 Å². The van der Waals surface area contributed by atoms with Gasteiger partial charge in [0.15, 0.2) is 0 Å². The third kappa shape index (κ3) is 3.80. The summed E-state index contributed by atoms with van der Waals surface area (Å²) in [4.78, 5) is 15.0. The van der Waals surface area contributed by atoms with Gasteiger partial charge in [-0.05, 0) is 82.0 Å². The molecule has 0 bridgehead atoms. The van der Waals surface area contributed by atoms with Crippen molar-refractivity contribution < 1.29 is 4.79 Å². The molecule has 3 N–H and O–H groups in total. The van der Waals surface area contributed by atoms with Crippen LogP contribution in [0, 0.1) is 6.92 Å². The summed E-state index contributed by atoms with van der Waals surface area (Å²) in [6, 6.07) is 11.7. The molecule has 0 aromatic heterocycles. The Morgan fingerprint density at radius 3 is 2.38 bits per heavy atom. The number of aryl methyl sites for hydroxylation is 1. The predicted molar refractivity (Wildman–Crippen MR) is 110 cm³/mol. The van der Waals surface area contributed by atoms with Crippen LogP contribution >= 0.6 is 11.6 Å². The summed E-state index contributed by atoms with van der Waals surface area (Å²) >= 11 is 5.90. The largest absolute Gasteiger partial charge is 0.397 e. The topological polar surface area (TPSA) is 58.4 Å². The fourth-order valence-electron chi connectivity index (χ4n) is 3.80. The fraction of sp³-hybridized carbons (Fsp3) is 0.381. The van der Waals surface area contributed by atoms with Crippen molar-refractivity contribution in [2.45, 2.75) is 52.1 Å². The van der Waals surface area contributed by atoms with E-state index in [4.69, 9.17) is 17.3 Å². The minimum absolute atomic E-state index is 0.192. The molecule has 5 heteroatoms. The maximum atomic E-state index is 12.6. The predicted octanol–water partition coefficient (Wildman–Crippen LogP) is 5.25. The lowest BCUT2D eigenvalue weighted by molar-refractivity contribution is 0.102. The number of nitrogens with zero attached hydrogens (tertiary/aromatic N) is 1. The molecule has 2 aromatic carbocycles. The number of amides is 1. The van der Waals surface area contributed by atoms with E-state index < -0.39 is 0 Å². The first-order valence-electron chi connectivity index (χ1n) is 9.12. The zero-order chi connectivity index (χ0) is 18.8. The Balaban J connectivity index is 1.90. The standard InChI is InChI=1S/C21H26ClN3O/c1-13-11-18(23)19(24-21(26)16-7-9-17(22)10-8-16)12-20(13)25-14(2)5-4-6-15(25)3/h7-12,14-15H,4-6,23H2,1-3H3,(H,24,26). The van der Waals surface area contributed by atoms with E-state index in [1.807, 2.05) is 12.1 Å². The van der Waals surface area contributed by atoms with Crippen molar-refractivity contribution in [3.8, 4) is 0 Å². The molecule has 2 atom stereocenters. The van der Waals surface area contributed by atoms with Gasteiger partial charge in [0.2, 0.25) is 0 Å². The highest BCUT2D eigenvalue weighted by Crippen LogP contribution is 2.36. The summed E-state index contributed by atoms with van der Waals surface area (Å²) in [5.74, 6) is -0.192. The number of nitrogen functional groups attached to an aromatic ring is 1. The molecule has 1 aliphatic heterocycles. The second kappa shape index (κ2) is 7.58. The molecule has 0 radical (unpaired) electrons. The monoisotopic (exact) mass is 371 g/mol. The third-order valence-electron chi connectivity index (χ3n) is 5.19. The Morgan fingerprint density at radius 1 is 1.15 bits per heavy atom. The number of carbonyl (C=O) groups excluding carboxylic acids is 1.